The number of nitrogens with zero attached hydrogens (tertiary/aromatic N) is 2. The third-order valence-electron chi connectivity index (χ3n) is 2.94. The topological polar surface area (TPSA) is 60.9 Å². The summed E-state index contributed by atoms with van der Waals surface area (Å²) in [6, 6.07) is 4.29. The number of carbonyl (C=O) groups is 1. The lowest BCUT2D eigenvalue weighted by Gasteiger charge is -2.11. The highest BCUT2D eigenvalue weighted by molar-refractivity contribution is 5.92. The Morgan fingerprint density at radius 3 is 2.79 bits per heavy atom. The molecule has 4 nitrogen and oxygen atoms in total. The van der Waals surface area contributed by atoms with Gasteiger partial charge >= 0.3 is 0 Å². The third-order valence-corrected chi connectivity index (χ3v) is 2.94. The van der Waals surface area contributed by atoms with Crippen molar-refractivity contribution in [3.63, 3.8) is 0 Å². The summed E-state index contributed by atoms with van der Waals surface area (Å²) in [4.78, 5) is 15.2. The molecule has 0 atom stereocenters. The summed E-state index contributed by atoms with van der Waals surface area (Å²) in [5, 5.41) is 0. The number of imidazole rings is 1. The Morgan fingerprint density at radius 2 is 2.21 bits per heavy atom. The van der Waals surface area contributed by atoms with Gasteiger partial charge in [0.2, 0.25) is 5.91 Å². The maximum atomic E-state index is 13.9. The van der Waals surface area contributed by atoms with Crippen LogP contribution in [0.1, 0.15) is 41.5 Å². The molecule has 2 N–H and O–H groups in total. The Morgan fingerprint density at radius 1 is 1.47 bits per heavy atom. The van der Waals surface area contributed by atoms with E-state index >= 15 is 0 Å². The molecule has 0 aliphatic rings. The van der Waals surface area contributed by atoms with Crippen LogP contribution in [0.5, 0.6) is 0 Å². The van der Waals surface area contributed by atoms with Crippen molar-refractivity contribution in [1.82, 2.24) is 9.55 Å². The molecular formula is C14H16FN3O. The molecule has 5 heteroatoms. The number of halogens is 1. The van der Waals surface area contributed by atoms with Crippen LogP contribution >= 0.6 is 0 Å². The number of carbonyl (C=O) groups excluding carboxylic acids is 1. The van der Waals surface area contributed by atoms with E-state index in [9.17, 15) is 9.18 Å². The van der Waals surface area contributed by atoms with Crippen molar-refractivity contribution >= 4 is 5.91 Å². The highest BCUT2D eigenvalue weighted by atomic mass is 19.1. The lowest BCUT2D eigenvalue weighted by Crippen LogP contribution is -2.12. The van der Waals surface area contributed by atoms with Crippen LogP contribution in [-0.4, -0.2) is 15.5 Å². The Hall–Kier alpha value is -2.17. The van der Waals surface area contributed by atoms with Crippen molar-refractivity contribution in [3.8, 4) is 0 Å². The van der Waals surface area contributed by atoms with Crippen molar-refractivity contribution in [3.05, 3.63) is 53.4 Å². The number of nitrogens with two attached hydrogens (primary N) is 1. The van der Waals surface area contributed by atoms with E-state index < -0.39 is 11.7 Å². The zero-order valence-electron chi connectivity index (χ0n) is 10.9. The predicted octanol–water partition coefficient (Wildman–Crippen LogP) is 2.29. The Bertz CT molecular complexity index is 604. The molecule has 0 aliphatic carbocycles. The molecule has 1 heterocycles. The third kappa shape index (κ3) is 2.81. The fourth-order valence-corrected chi connectivity index (χ4v) is 1.97. The predicted molar refractivity (Wildman–Crippen MR) is 70.3 cm³/mol. The van der Waals surface area contributed by atoms with Gasteiger partial charge in [-0.05, 0) is 12.1 Å². The fourth-order valence-electron chi connectivity index (χ4n) is 1.97. The summed E-state index contributed by atoms with van der Waals surface area (Å²) in [5.74, 6) is 0.108. The normalized spacial score (nSPS) is 10.9. The van der Waals surface area contributed by atoms with E-state index in [0.717, 1.165) is 5.82 Å². The van der Waals surface area contributed by atoms with Gasteiger partial charge in [0.25, 0.3) is 0 Å². The number of hydrogen-bond acceptors (Lipinski definition) is 2. The number of benzene rings is 1. The molecule has 0 radical (unpaired) electrons. The van der Waals surface area contributed by atoms with Crippen LogP contribution in [0.4, 0.5) is 4.39 Å². The second kappa shape index (κ2) is 5.22. The van der Waals surface area contributed by atoms with Gasteiger partial charge in [0, 0.05) is 29.4 Å². The van der Waals surface area contributed by atoms with Crippen LogP contribution in [0, 0.1) is 5.82 Å². The second-order valence-corrected chi connectivity index (χ2v) is 4.74. The van der Waals surface area contributed by atoms with E-state index in [1.165, 1.54) is 12.1 Å². The van der Waals surface area contributed by atoms with Gasteiger partial charge in [0.15, 0.2) is 0 Å². The van der Waals surface area contributed by atoms with E-state index in [-0.39, 0.29) is 11.5 Å². The summed E-state index contributed by atoms with van der Waals surface area (Å²) in [7, 11) is 0. The minimum atomic E-state index is -0.629. The molecule has 100 valence electrons. The molecule has 1 aromatic heterocycles. The standard InChI is InChI=1S/C14H16FN3O/c1-9(2)14-17-5-6-18(14)8-11-4-3-10(13(16)19)7-12(11)15/h3-7,9H,8H2,1-2H3,(H2,16,19). The molecule has 2 aromatic rings. The molecule has 0 saturated carbocycles. The minimum absolute atomic E-state index is 0.177. The SMILES string of the molecule is CC(C)c1nccn1Cc1ccc(C(N)=O)cc1F. The molecule has 0 spiro atoms. The molecule has 0 saturated heterocycles. The van der Waals surface area contributed by atoms with E-state index in [4.69, 9.17) is 5.73 Å². The van der Waals surface area contributed by atoms with Crippen molar-refractivity contribution in [2.75, 3.05) is 0 Å². The van der Waals surface area contributed by atoms with E-state index in [1.54, 1.807) is 12.3 Å². The highest BCUT2D eigenvalue weighted by Gasteiger charge is 2.11. The first-order chi connectivity index (χ1) is 8.99. The summed E-state index contributed by atoms with van der Waals surface area (Å²) in [5.41, 5.74) is 5.79. The average Bonchev–Trinajstić information content (AvgIpc) is 2.79. The number of aromatic nitrogens is 2. The molecular weight excluding hydrogens is 245 g/mol. The van der Waals surface area contributed by atoms with Crippen LogP contribution in [0.3, 0.4) is 0 Å². The molecule has 2 rings (SSSR count). The van der Waals surface area contributed by atoms with E-state index in [1.807, 2.05) is 24.6 Å². The summed E-state index contributed by atoms with van der Waals surface area (Å²) < 4.78 is 15.8. The summed E-state index contributed by atoms with van der Waals surface area (Å²) in [6.07, 6.45) is 3.52. The molecule has 0 bridgehead atoms. The van der Waals surface area contributed by atoms with Gasteiger partial charge in [-0.25, -0.2) is 9.37 Å². The second-order valence-electron chi connectivity index (χ2n) is 4.74. The zero-order valence-corrected chi connectivity index (χ0v) is 10.9. The zero-order chi connectivity index (χ0) is 14.0. The Kier molecular flexibility index (Phi) is 3.64. The van der Waals surface area contributed by atoms with Crippen molar-refractivity contribution in [1.29, 1.82) is 0 Å². The van der Waals surface area contributed by atoms with Gasteiger partial charge in [-0.1, -0.05) is 19.9 Å². The minimum Gasteiger partial charge on any atom is -0.366 e. The van der Waals surface area contributed by atoms with Gasteiger partial charge in [0.1, 0.15) is 11.6 Å². The van der Waals surface area contributed by atoms with Crippen LogP contribution < -0.4 is 5.73 Å². The first-order valence-corrected chi connectivity index (χ1v) is 6.08. The van der Waals surface area contributed by atoms with Gasteiger partial charge in [-0.15, -0.1) is 0 Å². The van der Waals surface area contributed by atoms with E-state index in [0.29, 0.717) is 12.1 Å². The lowest BCUT2D eigenvalue weighted by atomic mass is 10.1. The van der Waals surface area contributed by atoms with Crippen molar-refractivity contribution in [2.45, 2.75) is 26.3 Å². The number of amides is 1. The van der Waals surface area contributed by atoms with Gasteiger partial charge in [0.05, 0.1) is 6.54 Å². The molecule has 0 unspecified atom stereocenters. The van der Waals surface area contributed by atoms with Crippen molar-refractivity contribution in [2.24, 2.45) is 5.73 Å². The maximum Gasteiger partial charge on any atom is 0.248 e. The number of hydrogen-bond donors (Lipinski definition) is 1. The van der Waals surface area contributed by atoms with Gasteiger partial charge in [-0.3, -0.25) is 4.79 Å². The largest absolute Gasteiger partial charge is 0.366 e. The summed E-state index contributed by atoms with van der Waals surface area (Å²) >= 11 is 0. The fraction of sp³-hybridized carbons (Fsp3) is 0.286. The number of rotatable bonds is 4. The molecule has 0 aliphatic heterocycles. The maximum absolute atomic E-state index is 13.9. The van der Waals surface area contributed by atoms with Crippen LogP contribution in [0.15, 0.2) is 30.6 Å². The van der Waals surface area contributed by atoms with Crippen molar-refractivity contribution < 1.29 is 9.18 Å². The molecule has 19 heavy (non-hydrogen) atoms. The monoisotopic (exact) mass is 261 g/mol. The quantitative estimate of drug-likeness (QED) is 0.917. The Labute approximate surface area is 111 Å². The molecule has 1 amide bonds. The first kappa shape index (κ1) is 13.3. The smallest absolute Gasteiger partial charge is 0.248 e. The average molecular weight is 261 g/mol. The first-order valence-electron chi connectivity index (χ1n) is 6.08. The lowest BCUT2D eigenvalue weighted by molar-refractivity contribution is 0.1000. The van der Waals surface area contributed by atoms with Crippen LogP contribution in [0.2, 0.25) is 0 Å². The molecule has 0 fully saturated rings. The summed E-state index contributed by atoms with van der Waals surface area (Å²) in [6.45, 7) is 4.45. The van der Waals surface area contributed by atoms with Crippen LogP contribution in [0.25, 0.3) is 0 Å². The van der Waals surface area contributed by atoms with Gasteiger partial charge in [-0.2, -0.15) is 0 Å². The Balaban J connectivity index is 2.28. The molecule has 1 aromatic carbocycles. The van der Waals surface area contributed by atoms with E-state index in [2.05, 4.69) is 4.98 Å². The number of primary amides is 1. The van der Waals surface area contributed by atoms with Gasteiger partial charge < -0.3 is 10.3 Å². The van der Waals surface area contributed by atoms with Crippen LogP contribution in [-0.2, 0) is 6.54 Å². The highest BCUT2D eigenvalue weighted by Crippen LogP contribution is 2.16.